The van der Waals surface area contributed by atoms with E-state index in [1.807, 2.05) is 83.1 Å². The van der Waals surface area contributed by atoms with Gasteiger partial charge in [0.2, 0.25) is 0 Å². The number of H-pyrrole nitrogens is 6. The summed E-state index contributed by atoms with van der Waals surface area (Å²) in [6.07, 6.45) is 0. The third kappa shape index (κ3) is 7.93. The van der Waals surface area contributed by atoms with Crippen molar-refractivity contribution in [3.63, 3.8) is 0 Å². The second-order valence-electron chi connectivity index (χ2n) is 17.3. The number of aryl methyl sites for hydroxylation is 7. The van der Waals surface area contributed by atoms with E-state index in [4.69, 9.17) is 0 Å². The molecule has 0 unspecified atom stereocenters. The summed E-state index contributed by atoms with van der Waals surface area (Å²) < 4.78 is 9.35. The summed E-state index contributed by atoms with van der Waals surface area (Å²) in [4.78, 5) is 109. The molecule has 3 aromatic carbocycles. The van der Waals surface area contributed by atoms with Crippen molar-refractivity contribution in [3.8, 4) is 0 Å². The van der Waals surface area contributed by atoms with Crippen molar-refractivity contribution in [2.45, 2.75) is 90.0 Å². The van der Waals surface area contributed by atoms with Crippen LogP contribution in [0.4, 0.5) is 0 Å². The Morgan fingerprint density at radius 2 is 0.614 bits per heavy atom. The van der Waals surface area contributed by atoms with Crippen LogP contribution in [-0.2, 0) is 28.0 Å². The minimum atomic E-state index is -0.744. The van der Waals surface area contributed by atoms with Crippen molar-refractivity contribution in [3.05, 3.63) is 146 Å². The number of hydrogen-bond donors (Lipinski definition) is 6. The molecular formula is C50H51N9O10V. The Hall–Kier alpha value is -7.77. The van der Waals surface area contributed by atoms with Crippen LogP contribution < -0.4 is 33.0 Å². The quantitative estimate of drug-likeness (QED) is 0.111. The number of nitrogens with zero attached hydrogens (tertiary/aromatic N) is 3. The van der Waals surface area contributed by atoms with Gasteiger partial charge < -0.3 is 24.4 Å². The molecule has 0 aliphatic carbocycles. The Morgan fingerprint density at radius 1 is 0.357 bits per heavy atom. The van der Waals surface area contributed by atoms with Gasteiger partial charge in [0.1, 0.15) is 0 Å². The van der Waals surface area contributed by atoms with Gasteiger partial charge in [0, 0.05) is 40.4 Å². The predicted molar refractivity (Wildman–Crippen MR) is 266 cm³/mol. The van der Waals surface area contributed by atoms with E-state index in [-0.39, 0.29) is 68.3 Å². The molecular weight excluding hydrogens is 938 g/mol. The maximum absolute atomic E-state index is 13.2. The summed E-state index contributed by atoms with van der Waals surface area (Å²) >= 11 is 0. The van der Waals surface area contributed by atoms with Crippen molar-refractivity contribution in [2.24, 2.45) is 0 Å². The largest absolute Gasteiger partial charge is 0.464 e. The average molecular weight is 989 g/mol. The fraction of sp³-hybridized carbons (Fsp3) is 0.300. The Labute approximate surface area is 408 Å². The standard InChI is InChI=1S/2C17H17N3O4.C16H17N3O2.V/c2*1-6-7(2)9(4)12-10(8(6)3)15(21)11-13(16(22)18-12)19-20-14(11)17(23)24-5;1-6-7(2)9(4)13-11(8(6)3)15(20)12-10(5)18-19-14(12)16(21)17-13;/h2*1-5H3,(H,18,22)(H,19,20);1-5H3,(H,17,21)(H,18,19);. The molecule has 9 rings (SSSR count). The van der Waals surface area contributed by atoms with Crippen LogP contribution >= 0.6 is 0 Å². The zero-order chi connectivity index (χ0) is 51.0. The number of rotatable bonds is 2. The molecule has 0 bridgehead atoms. The normalized spacial score (nSPS) is 11.1. The number of esters is 2. The molecule has 0 aliphatic rings. The molecule has 9 aromatic rings. The number of carbonyl (C=O) groups excluding carboxylic acids is 2. The van der Waals surface area contributed by atoms with Gasteiger partial charge in [-0.3, -0.25) is 44.1 Å². The van der Waals surface area contributed by atoms with Gasteiger partial charge in [-0.25, -0.2) is 9.59 Å². The van der Waals surface area contributed by atoms with Crippen LogP contribution in [0, 0.1) is 90.0 Å². The first-order valence-electron chi connectivity index (χ1n) is 21.7. The van der Waals surface area contributed by atoms with Crippen molar-refractivity contribution in [1.82, 2.24) is 45.5 Å². The topological polar surface area (TPSA) is 288 Å². The van der Waals surface area contributed by atoms with Crippen LogP contribution in [0.2, 0.25) is 0 Å². The molecule has 1 radical (unpaired) electrons. The molecule has 0 amide bonds. The van der Waals surface area contributed by atoms with Crippen molar-refractivity contribution in [2.75, 3.05) is 14.2 Å². The predicted octanol–water partition coefficient (Wildman–Crippen LogP) is 5.87. The van der Waals surface area contributed by atoms with Crippen molar-refractivity contribution in [1.29, 1.82) is 0 Å². The molecule has 70 heavy (non-hydrogen) atoms. The molecule has 0 atom stereocenters. The minimum Gasteiger partial charge on any atom is -0.464 e. The summed E-state index contributed by atoms with van der Waals surface area (Å²) in [6, 6.07) is 0. The molecule has 0 saturated heterocycles. The molecule has 0 spiro atoms. The maximum atomic E-state index is 13.2. The molecule has 0 fully saturated rings. The van der Waals surface area contributed by atoms with E-state index in [1.54, 1.807) is 6.92 Å². The second kappa shape index (κ2) is 19.0. The van der Waals surface area contributed by atoms with E-state index in [2.05, 4.69) is 55.0 Å². The van der Waals surface area contributed by atoms with Crippen molar-refractivity contribution >= 4 is 77.4 Å². The average Bonchev–Trinajstić information content (AvgIpc) is 4.04. The summed E-state index contributed by atoms with van der Waals surface area (Å²) in [7, 11) is 2.40. The van der Waals surface area contributed by atoms with Gasteiger partial charge in [0.25, 0.3) is 16.7 Å². The van der Waals surface area contributed by atoms with E-state index in [0.717, 1.165) is 66.8 Å². The van der Waals surface area contributed by atoms with Crippen molar-refractivity contribution < 1.29 is 37.6 Å². The molecule has 6 N–H and O–H groups in total. The Morgan fingerprint density at radius 3 is 0.914 bits per heavy atom. The number of benzene rings is 3. The van der Waals surface area contributed by atoms with Crippen LogP contribution in [0.3, 0.4) is 0 Å². The third-order valence-electron chi connectivity index (χ3n) is 14.0. The first-order chi connectivity index (χ1) is 32.4. The number of carbonyl (C=O) groups is 2. The van der Waals surface area contributed by atoms with Gasteiger partial charge in [0.15, 0.2) is 44.2 Å². The molecule has 6 heterocycles. The summed E-state index contributed by atoms with van der Waals surface area (Å²) in [5, 5.41) is 20.9. The number of fused-ring (bicyclic) bond motifs is 6. The van der Waals surface area contributed by atoms with E-state index >= 15 is 0 Å². The fourth-order valence-electron chi connectivity index (χ4n) is 8.98. The molecule has 6 aromatic heterocycles. The van der Waals surface area contributed by atoms with Crippen LogP contribution in [0.5, 0.6) is 0 Å². The van der Waals surface area contributed by atoms with E-state index in [9.17, 15) is 38.4 Å². The maximum Gasteiger partial charge on any atom is 0.356 e. The molecule has 20 heteroatoms. The smallest absolute Gasteiger partial charge is 0.356 e. The van der Waals surface area contributed by atoms with Gasteiger partial charge in [-0.05, 0) is 157 Å². The number of ether oxygens (including phenoxy) is 2. The van der Waals surface area contributed by atoms with Gasteiger partial charge in [-0.15, -0.1) is 0 Å². The van der Waals surface area contributed by atoms with E-state index in [1.165, 1.54) is 14.2 Å². The van der Waals surface area contributed by atoms with Crippen LogP contribution in [0.25, 0.3) is 65.4 Å². The van der Waals surface area contributed by atoms with Gasteiger partial charge in [-0.1, -0.05) is 0 Å². The van der Waals surface area contributed by atoms with Gasteiger partial charge in [0.05, 0.1) is 46.9 Å². The molecule has 19 nitrogen and oxygen atoms in total. The van der Waals surface area contributed by atoms with E-state index < -0.39 is 33.9 Å². The number of aromatic amines is 6. The SMILES string of the molecule is COC(=O)c1[nH]nc2c(=O)[nH]c3c(C)c(C)c(C)c(C)c3c(=O)c12.COC(=O)c1[nH]nc2c(=O)[nH]c3c(C)c(C)c(C)c(C)c3c(=O)c12.Cc1c(C)c(C)c2c(=O)c3c(C)[nH]nc3c(=O)[nH]c2c1C.[V]. The second-order valence-corrected chi connectivity index (χ2v) is 17.3. The Balaban J connectivity index is 0.000000171. The Kier molecular flexibility index (Phi) is 14.0. The van der Waals surface area contributed by atoms with Crippen LogP contribution in [-0.4, -0.2) is 71.7 Å². The molecule has 0 aliphatic heterocycles. The number of nitrogens with one attached hydrogen (secondary N) is 6. The fourth-order valence-corrected chi connectivity index (χ4v) is 8.98. The Bertz CT molecular complexity index is 3980. The monoisotopic (exact) mass is 988 g/mol. The molecule has 361 valence electrons. The zero-order valence-corrected chi connectivity index (χ0v) is 42.8. The first-order valence-corrected chi connectivity index (χ1v) is 21.7. The van der Waals surface area contributed by atoms with Gasteiger partial charge >= 0.3 is 11.9 Å². The number of hydrogen-bond acceptors (Lipinski definition) is 13. The summed E-state index contributed by atoms with van der Waals surface area (Å²) in [5.74, 6) is -1.49. The zero-order valence-electron chi connectivity index (χ0n) is 41.4. The number of methoxy groups -OCH3 is 2. The third-order valence-corrected chi connectivity index (χ3v) is 14.0. The first kappa shape index (κ1) is 51.6. The summed E-state index contributed by atoms with van der Waals surface area (Å²) in [5.41, 5.74) is 10.7. The van der Waals surface area contributed by atoms with Crippen LogP contribution in [0.1, 0.15) is 93.4 Å². The molecule has 0 saturated carbocycles. The van der Waals surface area contributed by atoms with Gasteiger partial charge in [-0.2, -0.15) is 15.3 Å². The van der Waals surface area contributed by atoms with Crippen LogP contribution in [0.15, 0.2) is 28.8 Å². The van der Waals surface area contributed by atoms with E-state index in [0.29, 0.717) is 43.8 Å². The summed E-state index contributed by atoms with van der Waals surface area (Å²) in [6.45, 7) is 24.7. The minimum absolute atomic E-state index is 0. The number of aromatic nitrogens is 9.